The van der Waals surface area contributed by atoms with Crippen LogP contribution in [-0.2, 0) is 13.6 Å². The lowest BCUT2D eigenvalue weighted by molar-refractivity contribution is 0.481. The van der Waals surface area contributed by atoms with Gasteiger partial charge in [-0.2, -0.15) is 4.91 Å². The van der Waals surface area contributed by atoms with Gasteiger partial charge in [0, 0.05) is 31.1 Å². The van der Waals surface area contributed by atoms with Crippen molar-refractivity contribution in [3.63, 3.8) is 0 Å². The summed E-state index contributed by atoms with van der Waals surface area (Å²) in [6.07, 6.45) is 1.60. The number of imidazole rings is 1. The molecule has 7 heteroatoms. The van der Waals surface area contributed by atoms with Crippen LogP contribution in [0.3, 0.4) is 0 Å². The standard InChI is InChI=1S/C22H21N5O2/c1-14-4-5-16(10-15(14)2)25-22-26-20-12-18(6-7-21(20)27(22)3)29-19-8-9-23-17(11-19)13-24-28/h4-12H,13H2,1-3H3,(H,25,26). The van der Waals surface area contributed by atoms with Gasteiger partial charge in [0.1, 0.15) is 18.0 Å². The predicted molar refractivity (Wildman–Crippen MR) is 114 cm³/mol. The van der Waals surface area contributed by atoms with Gasteiger partial charge in [-0.1, -0.05) is 11.2 Å². The Morgan fingerprint density at radius 3 is 2.66 bits per heavy atom. The molecule has 7 nitrogen and oxygen atoms in total. The number of hydrogen-bond donors (Lipinski definition) is 1. The molecule has 4 aromatic rings. The summed E-state index contributed by atoms with van der Waals surface area (Å²) in [5.74, 6) is 2.01. The summed E-state index contributed by atoms with van der Waals surface area (Å²) in [6, 6.07) is 15.4. The van der Waals surface area contributed by atoms with Gasteiger partial charge in [-0.05, 0) is 55.3 Å². The zero-order valence-corrected chi connectivity index (χ0v) is 16.5. The molecule has 0 bridgehead atoms. The molecular weight excluding hydrogens is 366 g/mol. The molecule has 0 atom stereocenters. The molecule has 1 N–H and O–H groups in total. The second-order valence-electron chi connectivity index (χ2n) is 6.94. The number of nitroso groups, excluding NO2 is 1. The number of nitrogens with zero attached hydrogens (tertiary/aromatic N) is 4. The van der Waals surface area contributed by atoms with Gasteiger partial charge in [-0.25, -0.2) is 4.98 Å². The molecule has 0 saturated heterocycles. The molecule has 0 spiro atoms. The highest BCUT2D eigenvalue weighted by Crippen LogP contribution is 2.28. The minimum absolute atomic E-state index is 0.0178. The number of ether oxygens (including phenoxy) is 1. The van der Waals surface area contributed by atoms with Gasteiger partial charge in [0.2, 0.25) is 5.95 Å². The summed E-state index contributed by atoms with van der Waals surface area (Å²) < 4.78 is 7.92. The van der Waals surface area contributed by atoms with Gasteiger partial charge < -0.3 is 14.6 Å². The summed E-state index contributed by atoms with van der Waals surface area (Å²) in [4.78, 5) is 19.2. The van der Waals surface area contributed by atoms with Crippen LogP contribution in [0.5, 0.6) is 11.5 Å². The Morgan fingerprint density at radius 2 is 1.86 bits per heavy atom. The number of rotatable bonds is 6. The van der Waals surface area contributed by atoms with Gasteiger partial charge in [0.05, 0.1) is 16.7 Å². The lowest BCUT2D eigenvalue weighted by atomic mass is 10.1. The Kier molecular flexibility index (Phi) is 4.95. The number of pyridine rings is 1. The van der Waals surface area contributed by atoms with Crippen molar-refractivity contribution < 1.29 is 4.74 Å². The average molecular weight is 387 g/mol. The molecule has 2 aromatic heterocycles. The highest BCUT2D eigenvalue weighted by atomic mass is 16.5. The molecule has 2 aromatic carbocycles. The van der Waals surface area contributed by atoms with E-state index in [0.29, 0.717) is 17.2 Å². The highest BCUT2D eigenvalue weighted by Gasteiger charge is 2.10. The molecule has 29 heavy (non-hydrogen) atoms. The monoisotopic (exact) mass is 387 g/mol. The fraction of sp³-hybridized carbons (Fsp3) is 0.182. The van der Waals surface area contributed by atoms with Crippen molar-refractivity contribution in [2.24, 2.45) is 12.2 Å². The summed E-state index contributed by atoms with van der Waals surface area (Å²) in [5, 5.41) is 6.25. The number of hydrogen-bond acceptors (Lipinski definition) is 6. The Hall–Kier alpha value is -3.74. The maximum Gasteiger partial charge on any atom is 0.208 e. The van der Waals surface area contributed by atoms with Crippen molar-refractivity contribution in [3.8, 4) is 11.5 Å². The Labute approximate surface area is 168 Å². The molecule has 0 radical (unpaired) electrons. The van der Waals surface area contributed by atoms with E-state index >= 15 is 0 Å². The van der Waals surface area contributed by atoms with Crippen LogP contribution in [-0.4, -0.2) is 14.5 Å². The normalized spacial score (nSPS) is 10.9. The number of aryl methyl sites for hydroxylation is 3. The predicted octanol–water partition coefficient (Wildman–Crippen LogP) is 5.39. The van der Waals surface area contributed by atoms with Crippen molar-refractivity contribution in [1.29, 1.82) is 0 Å². The second kappa shape index (κ2) is 7.71. The van der Waals surface area contributed by atoms with Gasteiger partial charge in [-0.15, -0.1) is 0 Å². The van der Waals surface area contributed by atoms with E-state index in [4.69, 9.17) is 9.72 Å². The van der Waals surface area contributed by atoms with E-state index in [0.717, 1.165) is 22.7 Å². The zero-order valence-electron chi connectivity index (χ0n) is 16.5. The maximum atomic E-state index is 10.4. The highest BCUT2D eigenvalue weighted by molar-refractivity contribution is 5.81. The maximum absolute atomic E-state index is 10.4. The van der Waals surface area contributed by atoms with Crippen LogP contribution >= 0.6 is 0 Å². The van der Waals surface area contributed by atoms with Crippen LogP contribution in [0, 0.1) is 18.8 Å². The number of benzene rings is 2. The van der Waals surface area contributed by atoms with Crippen molar-refractivity contribution in [2.45, 2.75) is 20.4 Å². The van der Waals surface area contributed by atoms with E-state index in [9.17, 15) is 4.91 Å². The quantitative estimate of drug-likeness (QED) is 0.449. The molecule has 4 rings (SSSR count). The fourth-order valence-electron chi connectivity index (χ4n) is 3.11. The lowest BCUT2D eigenvalue weighted by Gasteiger charge is -2.08. The molecule has 0 aliphatic carbocycles. The summed E-state index contributed by atoms with van der Waals surface area (Å²) >= 11 is 0. The Balaban J connectivity index is 1.60. The van der Waals surface area contributed by atoms with E-state index < -0.39 is 0 Å². The molecule has 0 aliphatic rings. The van der Waals surface area contributed by atoms with Gasteiger partial charge in [0.25, 0.3) is 0 Å². The van der Waals surface area contributed by atoms with E-state index in [1.54, 1.807) is 18.3 Å². The molecule has 0 unspecified atom stereocenters. The van der Waals surface area contributed by atoms with E-state index in [-0.39, 0.29) is 6.54 Å². The van der Waals surface area contributed by atoms with E-state index in [2.05, 4.69) is 41.5 Å². The van der Waals surface area contributed by atoms with Crippen molar-refractivity contribution in [3.05, 3.63) is 76.5 Å². The molecule has 0 aliphatic heterocycles. The molecule has 0 saturated carbocycles. The molecule has 146 valence electrons. The molecule has 2 heterocycles. The average Bonchev–Trinajstić information content (AvgIpc) is 3.00. The van der Waals surface area contributed by atoms with Gasteiger partial charge in [0.15, 0.2) is 0 Å². The van der Waals surface area contributed by atoms with Gasteiger partial charge in [-0.3, -0.25) is 4.98 Å². The first-order valence-electron chi connectivity index (χ1n) is 9.26. The number of anilines is 2. The molecule has 0 amide bonds. The first kappa shape index (κ1) is 18.6. The van der Waals surface area contributed by atoms with Crippen LogP contribution < -0.4 is 10.1 Å². The van der Waals surface area contributed by atoms with Crippen LogP contribution in [0.1, 0.15) is 16.8 Å². The lowest BCUT2D eigenvalue weighted by Crippen LogP contribution is -1.99. The van der Waals surface area contributed by atoms with Crippen LogP contribution in [0.15, 0.2) is 59.9 Å². The zero-order chi connectivity index (χ0) is 20.4. The number of fused-ring (bicyclic) bond motifs is 1. The first-order valence-corrected chi connectivity index (χ1v) is 9.26. The third-order valence-corrected chi connectivity index (χ3v) is 4.87. The third kappa shape index (κ3) is 3.94. The smallest absolute Gasteiger partial charge is 0.208 e. The van der Waals surface area contributed by atoms with E-state index in [1.807, 2.05) is 35.9 Å². The second-order valence-corrected chi connectivity index (χ2v) is 6.94. The summed E-state index contributed by atoms with van der Waals surface area (Å²) in [5.41, 5.74) is 5.85. The van der Waals surface area contributed by atoms with Gasteiger partial charge >= 0.3 is 0 Å². The van der Waals surface area contributed by atoms with Crippen molar-refractivity contribution in [2.75, 3.05) is 5.32 Å². The summed E-state index contributed by atoms with van der Waals surface area (Å²) in [7, 11) is 1.97. The fourth-order valence-corrected chi connectivity index (χ4v) is 3.11. The minimum Gasteiger partial charge on any atom is -0.457 e. The molecule has 0 fully saturated rings. The summed E-state index contributed by atoms with van der Waals surface area (Å²) in [6.45, 7) is 4.20. The topological polar surface area (TPSA) is 81.4 Å². The van der Waals surface area contributed by atoms with Crippen molar-refractivity contribution >= 4 is 22.7 Å². The van der Waals surface area contributed by atoms with Crippen molar-refractivity contribution in [1.82, 2.24) is 14.5 Å². The third-order valence-electron chi connectivity index (χ3n) is 4.87. The first-order chi connectivity index (χ1) is 14.0. The number of nitrogens with one attached hydrogen (secondary N) is 1. The molecular formula is C22H21N5O2. The van der Waals surface area contributed by atoms with Crippen LogP contribution in [0.4, 0.5) is 11.6 Å². The SMILES string of the molecule is Cc1ccc(Nc2nc3cc(Oc4ccnc(CN=O)c4)ccc3n2C)cc1C. The Bertz CT molecular complexity index is 1200. The van der Waals surface area contributed by atoms with Crippen LogP contribution in [0.25, 0.3) is 11.0 Å². The van der Waals surface area contributed by atoms with Crippen LogP contribution in [0.2, 0.25) is 0 Å². The number of aromatic nitrogens is 3. The largest absolute Gasteiger partial charge is 0.457 e. The van der Waals surface area contributed by atoms with E-state index in [1.165, 1.54) is 11.1 Å². The Morgan fingerprint density at radius 1 is 1.03 bits per heavy atom. The minimum atomic E-state index is 0.0178.